The van der Waals surface area contributed by atoms with Crippen molar-refractivity contribution < 1.29 is 66.5 Å². The molecule has 0 spiro atoms. The lowest BCUT2D eigenvalue weighted by Gasteiger charge is -2.37. The summed E-state index contributed by atoms with van der Waals surface area (Å²) >= 11 is 0. The molecule has 4 aliphatic heterocycles. The number of ether oxygens (including phenoxy) is 11. The lowest BCUT2D eigenvalue weighted by Crippen LogP contribution is -2.59. The zero-order valence-electron chi connectivity index (χ0n) is 40.9. The van der Waals surface area contributed by atoms with Crippen LogP contribution in [0.5, 0.6) is 0 Å². The van der Waals surface area contributed by atoms with Crippen LogP contribution < -0.4 is 21.9 Å². The number of fused-ring (bicyclic) bond motifs is 2. The molecule has 3 aromatic rings. The van der Waals surface area contributed by atoms with Crippen LogP contribution in [0.3, 0.4) is 0 Å². The molecule has 69 heavy (non-hydrogen) atoms. The number of hydrogen-bond donors (Lipinski definition) is 2. The lowest BCUT2D eigenvalue weighted by molar-refractivity contribution is -0.275. The van der Waals surface area contributed by atoms with Gasteiger partial charge in [-0.25, -0.2) is 23.7 Å². The van der Waals surface area contributed by atoms with E-state index in [1.54, 1.807) is 79.7 Å². The molecule has 0 saturated carbocycles. The lowest BCUT2D eigenvalue weighted by atomic mass is 9.98. The Morgan fingerprint density at radius 3 is 1.97 bits per heavy atom. The molecule has 20 heteroatoms. The van der Waals surface area contributed by atoms with E-state index in [4.69, 9.17) is 52.1 Å². The Balaban J connectivity index is 1.27. The van der Waals surface area contributed by atoms with Gasteiger partial charge in [-0.05, 0) is 79.4 Å². The summed E-state index contributed by atoms with van der Waals surface area (Å²) in [6.07, 6.45) is -9.88. The molecule has 2 N–H and O–H groups in total. The summed E-state index contributed by atoms with van der Waals surface area (Å²) in [7, 11) is 0. The van der Waals surface area contributed by atoms with Crippen LogP contribution in [0, 0.1) is 0 Å². The highest BCUT2D eigenvalue weighted by Gasteiger charge is 2.63. The molecule has 5 heterocycles. The molecule has 2 amide bonds. The van der Waals surface area contributed by atoms with Gasteiger partial charge in [0.2, 0.25) is 0 Å². The summed E-state index contributed by atoms with van der Waals surface area (Å²) in [5.74, 6) is -3.28. The fourth-order valence-electron chi connectivity index (χ4n) is 8.64. The van der Waals surface area contributed by atoms with Crippen molar-refractivity contribution in [1.82, 2.24) is 19.8 Å². The summed E-state index contributed by atoms with van der Waals surface area (Å²) in [5.41, 5.74) is -1.75. The number of hydrogen-bond acceptors (Lipinski definition) is 16. The third-order valence-corrected chi connectivity index (χ3v) is 11.7. The number of amides is 2. The maximum atomic E-state index is 14.7. The zero-order valence-corrected chi connectivity index (χ0v) is 40.9. The quantitative estimate of drug-likeness (QED) is 0.132. The Morgan fingerprint density at radius 2 is 1.35 bits per heavy atom. The van der Waals surface area contributed by atoms with E-state index in [1.165, 1.54) is 16.8 Å². The molecule has 0 radical (unpaired) electrons. The Bertz CT molecular complexity index is 2360. The first-order chi connectivity index (χ1) is 32.6. The van der Waals surface area contributed by atoms with Crippen molar-refractivity contribution in [3.63, 3.8) is 0 Å². The van der Waals surface area contributed by atoms with Crippen molar-refractivity contribution in [3.05, 3.63) is 105 Å². The van der Waals surface area contributed by atoms with Gasteiger partial charge in [-0.3, -0.25) is 9.36 Å². The van der Waals surface area contributed by atoms with Crippen molar-refractivity contribution in [2.24, 2.45) is 0 Å². The fraction of sp³-hybridized carbons (Fsp3) is 0.612. The number of nitrogens with one attached hydrogen (secondary N) is 2. The molecule has 0 aliphatic carbocycles. The maximum absolute atomic E-state index is 14.7. The number of nitrogens with zero attached hydrogens (tertiary/aromatic N) is 2. The predicted octanol–water partition coefficient (Wildman–Crippen LogP) is 5.17. The van der Waals surface area contributed by atoms with Gasteiger partial charge in [0.25, 0.3) is 5.56 Å². The second kappa shape index (κ2) is 21.0. The molecular weight excluding hydrogens is 901 g/mol. The Labute approximate surface area is 401 Å². The third-order valence-electron chi connectivity index (χ3n) is 11.7. The standard InChI is InChI=1S/C49H66N4O16/c1-11-49(12-2)66-34-31(25-50-43(56)69-47(6,7)8)61-42(39(34)67-49)63-35(33(41(55)68-46(3,4)5)51-44(57)60-27-30-21-17-14-18-22-30)36-37-38(65-48(9,10)64-37)40(62-36)52-24-23-32(54)53(45(52)58)28-59-26-29-19-15-13-16-20-29/h13-24,31,33-40,42H,11-12,25-28H2,1-10H3,(H,50,56)(H,51,57)/t31-,33+,34-,35?,36-,37-,38-,39-,40-,42+/m1/s1. The Morgan fingerprint density at radius 1 is 0.739 bits per heavy atom. The van der Waals surface area contributed by atoms with Crippen LogP contribution in [0.2, 0.25) is 0 Å². The number of carbonyl (C=O) groups is 3. The number of rotatable bonds is 17. The van der Waals surface area contributed by atoms with Crippen molar-refractivity contribution >= 4 is 18.2 Å². The molecule has 1 aromatic heterocycles. The van der Waals surface area contributed by atoms with E-state index in [1.807, 2.05) is 50.2 Å². The minimum atomic E-state index is -1.72. The average molecular weight is 967 g/mol. The van der Waals surface area contributed by atoms with E-state index in [9.17, 15) is 24.0 Å². The number of alkyl carbamates (subject to hydrolysis) is 2. The topological polar surface area (TPSA) is 221 Å². The molecule has 4 saturated heterocycles. The van der Waals surface area contributed by atoms with Gasteiger partial charge < -0.3 is 62.7 Å². The average Bonchev–Trinajstić information content (AvgIpc) is 4.01. The molecule has 20 nitrogen and oxygen atoms in total. The van der Waals surface area contributed by atoms with Crippen LogP contribution in [-0.2, 0) is 76.8 Å². The Hall–Kier alpha value is -5.19. The van der Waals surface area contributed by atoms with Crippen LogP contribution in [0.4, 0.5) is 9.59 Å². The van der Waals surface area contributed by atoms with E-state index in [2.05, 4.69) is 10.6 Å². The summed E-state index contributed by atoms with van der Waals surface area (Å²) in [5, 5.41) is 5.44. The molecule has 378 valence electrons. The van der Waals surface area contributed by atoms with E-state index >= 15 is 0 Å². The molecule has 2 aromatic carbocycles. The Kier molecular flexibility index (Phi) is 15.7. The van der Waals surface area contributed by atoms with E-state index < -0.39 is 113 Å². The highest BCUT2D eigenvalue weighted by atomic mass is 16.8. The van der Waals surface area contributed by atoms with Gasteiger partial charge in [-0.15, -0.1) is 0 Å². The van der Waals surface area contributed by atoms with Crippen LogP contribution >= 0.6 is 0 Å². The van der Waals surface area contributed by atoms with Crippen LogP contribution in [0.1, 0.15) is 99.4 Å². The minimum absolute atomic E-state index is 0.0848. The highest BCUT2D eigenvalue weighted by molar-refractivity contribution is 5.82. The first-order valence-electron chi connectivity index (χ1n) is 23.4. The normalized spacial score (nSPS) is 26.6. The van der Waals surface area contributed by atoms with Crippen molar-refractivity contribution in [1.29, 1.82) is 0 Å². The third kappa shape index (κ3) is 12.6. The van der Waals surface area contributed by atoms with Crippen LogP contribution in [-0.4, -0.2) is 112 Å². The molecule has 0 bridgehead atoms. The second-order valence-electron chi connectivity index (χ2n) is 19.8. The monoisotopic (exact) mass is 966 g/mol. The summed E-state index contributed by atoms with van der Waals surface area (Å²) in [6.45, 7) is 16.9. The van der Waals surface area contributed by atoms with E-state index in [0.717, 1.165) is 10.1 Å². The first kappa shape index (κ1) is 51.7. The number of esters is 1. The van der Waals surface area contributed by atoms with Gasteiger partial charge in [-0.1, -0.05) is 74.5 Å². The van der Waals surface area contributed by atoms with Gasteiger partial charge in [0.1, 0.15) is 67.3 Å². The van der Waals surface area contributed by atoms with Gasteiger partial charge >= 0.3 is 23.8 Å². The SMILES string of the molecule is CCC1(CC)O[C@H]2[C@H](OC([C@H](NC(=O)OCc3ccccc3)C(=O)OC(C)(C)C)[C@H]3O[C@@H](n4ccc(=O)n(COCc5ccccc5)c4=O)[C@@H]4OC(C)(C)O[C@@H]43)O[C@H](CNC(=O)OC(C)(C)C)[C@H]2O1. The summed E-state index contributed by atoms with van der Waals surface area (Å²) in [4.78, 5) is 69.0. The fourth-order valence-corrected chi connectivity index (χ4v) is 8.64. The van der Waals surface area contributed by atoms with E-state index in [-0.39, 0.29) is 26.5 Å². The predicted molar refractivity (Wildman–Crippen MR) is 244 cm³/mol. The summed E-state index contributed by atoms with van der Waals surface area (Å²) < 4.78 is 71.4. The van der Waals surface area contributed by atoms with Crippen LogP contribution in [0.15, 0.2) is 82.5 Å². The van der Waals surface area contributed by atoms with Crippen molar-refractivity contribution in [2.45, 2.75) is 186 Å². The van der Waals surface area contributed by atoms with Gasteiger partial charge in [0.15, 0.2) is 30.1 Å². The molecule has 1 unspecified atom stereocenters. The molecule has 4 aliphatic rings. The molecule has 7 rings (SSSR count). The van der Waals surface area contributed by atoms with Gasteiger partial charge in [0.05, 0.1) is 6.61 Å². The summed E-state index contributed by atoms with van der Waals surface area (Å²) in [6, 6.07) is 17.7. The number of aromatic nitrogens is 2. The second-order valence-corrected chi connectivity index (χ2v) is 19.8. The zero-order chi connectivity index (χ0) is 49.9. The van der Waals surface area contributed by atoms with Gasteiger partial charge in [-0.2, -0.15) is 0 Å². The van der Waals surface area contributed by atoms with Crippen LogP contribution in [0.25, 0.3) is 0 Å². The van der Waals surface area contributed by atoms with E-state index in [0.29, 0.717) is 18.4 Å². The molecular formula is C49H66N4O16. The molecule has 4 fully saturated rings. The highest BCUT2D eigenvalue weighted by Crippen LogP contribution is 2.47. The first-order valence-corrected chi connectivity index (χ1v) is 23.4. The van der Waals surface area contributed by atoms with Crippen molar-refractivity contribution in [2.75, 3.05) is 6.54 Å². The smallest absolute Gasteiger partial charge is 0.408 e. The van der Waals surface area contributed by atoms with Gasteiger partial charge in [0, 0.05) is 18.8 Å². The minimum Gasteiger partial charge on any atom is -0.458 e. The number of benzene rings is 2. The number of carbonyl (C=O) groups excluding carboxylic acids is 3. The molecule has 10 atom stereocenters. The largest absolute Gasteiger partial charge is 0.458 e. The maximum Gasteiger partial charge on any atom is 0.408 e. The van der Waals surface area contributed by atoms with Crippen molar-refractivity contribution in [3.8, 4) is 0 Å².